The van der Waals surface area contributed by atoms with Crippen molar-refractivity contribution in [2.75, 3.05) is 32.7 Å². The molecule has 6 nitrogen and oxygen atoms in total. The van der Waals surface area contributed by atoms with E-state index >= 15 is 0 Å². The van der Waals surface area contributed by atoms with Crippen molar-refractivity contribution in [3.8, 4) is 0 Å². The summed E-state index contributed by atoms with van der Waals surface area (Å²) in [6.45, 7) is 5.11. The van der Waals surface area contributed by atoms with E-state index < -0.39 is 17.6 Å². The van der Waals surface area contributed by atoms with E-state index in [0.29, 0.717) is 31.7 Å². The van der Waals surface area contributed by atoms with Crippen molar-refractivity contribution in [2.45, 2.75) is 38.9 Å². The highest BCUT2D eigenvalue weighted by Crippen LogP contribution is 2.32. The van der Waals surface area contributed by atoms with Crippen LogP contribution in [0.4, 0.5) is 17.6 Å². The van der Waals surface area contributed by atoms with Crippen molar-refractivity contribution in [3.05, 3.63) is 35.1 Å². The van der Waals surface area contributed by atoms with E-state index in [9.17, 15) is 22.4 Å². The van der Waals surface area contributed by atoms with Crippen LogP contribution in [0.25, 0.3) is 0 Å². The summed E-state index contributed by atoms with van der Waals surface area (Å²) in [5.41, 5.74) is 4.28. The van der Waals surface area contributed by atoms with Crippen LogP contribution in [-0.2, 0) is 17.5 Å². The third-order valence-corrected chi connectivity index (χ3v) is 4.98. The molecular weight excluding hydrogens is 529 g/mol. The first-order valence-electron chi connectivity index (χ1n) is 10.1. The summed E-state index contributed by atoms with van der Waals surface area (Å²) in [6.07, 6.45) is -2.11. The molecule has 0 aliphatic carbocycles. The number of nitrogens with two attached hydrogens (primary N) is 1. The molecule has 2 rings (SSSR count). The highest BCUT2D eigenvalue weighted by molar-refractivity contribution is 14.0. The molecule has 1 unspecified atom stereocenters. The van der Waals surface area contributed by atoms with Gasteiger partial charge in [0.2, 0.25) is 5.91 Å². The quantitative estimate of drug-likeness (QED) is 0.150. The number of hydrogen-bond acceptors (Lipinski definition) is 3. The van der Waals surface area contributed by atoms with Gasteiger partial charge >= 0.3 is 6.18 Å². The average molecular weight is 559 g/mol. The third kappa shape index (κ3) is 9.17. The molecule has 1 aromatic carbocycles. The molecule has 1 aliphatic heterocycles. The number of primary amides is 1. The van der Waals surface area contributed by atoms with Gasteiger partial charge in [0.25, 0.3) is 0 Å². The van der Waals surface area contributed by atoms with Crippen LogP contribution in [0.2, 0.25) is 0 Å². The smallest absolute Gasteiger partial charge is 0.369 e. The van der Waals surface area contributed by atoms with Crippen molar-refractivity contribution >= 4 is 35.8 Å². The normalized spacial score (nSPS) is 17.7. The molecule has 0 saturated carbocycles. The van der Waals surface area contributed by atoms with Crippen LogP contribution < -0.4 is 16.4 Å². The van der Waals surface area contributed by atoms with E-state index in [2.05, 4.69) is 20.5 Å². The van der Waals surface area contributed by atoms with E-state index in [1.807, 2.05) is 6.92 Å². The maximum Gasteiger partial charge on any atom is 0.416 e. The Labute approximate surface area is 197 Å². The molecule has 31 heavy (non-hydrogen) atoms. The highest BCUT2D eigenvalue weighted by atomic mass is 127. The van der Waals surface area contributed by atoms with E-state index in [4.69, 9.17) is 5.73 Å². The number of rotatable bonds is 8. The van der Waals surface area contributed by atoms with Gasteiger partial charge in [-0.1, -0.05) is 6.07 Å². The van der Waals surface area contributed by atoms with E-state index in [1.165, 1.54) is 0 Å². The summed E-state index contributed by atoms with van der Waals surface area (Å²) in [4.78, 5) is 17.8. The fourth-order valence-electron chi connectivity index (χ4n) is 3.46. The molecule has 0 radical (unpaired) electrons. The Balaban J connectivity index is 0.00000480. The lowest BCUT2D eigenvalue weighted by Crippen LogP contribution is -2.43. The summed E-state index contributed by atoms with van der Waals surface area (Å²) < 4.78 is 52.6. The predicted octanol–water partition coefficient (Wildman–Crippen LogP) is 3.11. The van der Waals surface area contributed by atoms with E-state index in [1.54, 1.807) is 0 Å². The largest absolute Gasteiger partial charge is 0.416 e. The van der Waals surface area contributed by atoms with Crippen LogP contribution in [0.1, 0.15) is 37.3 Å². The first-order chi connectivity index (χ1) is 14.2. The number of nitrogens with one attached hydrogen (secondary N) is 2. The van der Waals surface area contributed by atoms with Gasteiger partial charge < -0.3 is 21.3 Å². The number of halogens is 5. The van der Waals surface area contributed by atoms with Crippen LogP contribution in [0.3, 0.4) is 0 Å². The lowest BCUT2D eigenvalue weighted by molar-refractivity contribution is -0.138. The predicted molar refractivity (Wildman–Crippen MR) is 123 cm³/mol. The van der Waals surface area contributed by atoms with Crippen molar-refractivity contribution in [3.63, 3.8) is 0 Å². The van der Waals surface area contributed by atoms with Crippen molar-refractivity contribution in [2.24, 2.45) is 16.6 Å². The van der Waals surface area contributed by atoms with Gasteiger partial charge in [0.15, 0.2) is 5.96 Å². The molecule has 1 fully saturated rings. The first kappa shape index (κ1) is 27.4. The molecule has 176 valence electrons. The molecule has 0 bridgehead atoms. The number of nitrogens with zero attached hydrogens (tertiary/aromatic N) is 2. The molecule has 1 saturated heterocycles. The number of alkyl halides is 3. The number of carbonyl (C=O) groups is 1. The van der Waals surface area contributed by atoms with Gasteiger partial charge in [0.1, 0.15) is 5.82 Å². The first-order valence-corrected chi connectivity index (χ1v) is 10.1. The molecule has 1 aliphatic rings. The molecular formula is C20H30F4IN5O. The Hall–Kier alpha value is -1.63. The summed E-state index contributed by atoms with van der Waals surface area (Å²) in [7, 11) is 0. The molecule has 1 atom stereocenters. The zero-order valence-corrected chi connectivity index (χ0v) is 19.8. The molecule has 0 aromatic heterocycles. The lowest BCUT2D eigenvalue weighted by Gasteiger charge is -2.31. The number of likely N-dealkylation sites (tertiary alicyclic amines) is 1. The van der Waals surface area contributed by atoms with E-state index in [-0.39, 0.29) is 47.9 Å². The molecule has 1 heterocycles. The number of amides is 1. The second kappa shape index (κ2) is 13.0. The molecule has 4 N–H and O–H groups in total. The van der Waals surface area contributed by atoms with Gasteiger partial charge in [-0.15, -0.1) is 24.0 Å². The number of piperidine rings is 1. The maximum atomic E-state index is 13.2. The van der Waals surface area contributed by atoms with Gasteiger partial charge in [-0.2, -0.15) is 13.2 Å². The number of benzene rings is 1. The third-order valence-electron chi connectivity index (χ3n) is 4.98. The van der Waals surface area contributed by atoms with Gasteiger partial charge in [-0.3, -0.25) is 4.79 Å². The molecule has 0 spiro atoms. The Morgan fingerprint density at radius 2 is 2.06 bits per heavy atom. The van der Waals surface area contributed by atoms with Crippen molar-refractivity contribution in [1.82, 2.24) is 15.5 Å². The summed E-state index contributed by atoms with van der Waals surface area (Å²) >= 11 is 0. The number of hydrogen-bond donors (Lipinski definition) is 3. The zero-order chi connectivity index (χ0) is 22.1. The Kier molecular flexibility index (Phi) is 11.5. The highest BCUT2D eigenvalue weighted by Gasteiger charge is 2.33. The summed E-state index contributed by atoms with van der Waals surface area (Å²) in [5, 5.41) is 6.09. The summed E-state index contributed by atoms with van der Waals surface area (Å²) in [6, 6.07) is 2.60. The Morgan fingerprint density at radius 1 is 1.32 bits per heavy atom. The van der Waals surface area contributed by atoms with Gasteiger partial charge in [-0.05, 0) is 57.0 Å². The fraction of sp³-hybridized carbons (Fsp3) is 0.600. The summed E-state index contributed by atoms with van der Waals surface area (Å²) in [5.74, 6) is -0.914. The molecule has 11 heteroatoms. The number of aliphatic imine (C=N–C) groups is 1. The van der Waals surface area contributed by atoms with Gasteiger partial charge in [-0.25, -0.2) is 9.38 Å². The topological polar surface area (TPSA) is 82.8 Å². The molecule has 1 amide bonds. The second-order valence-electron chi connectivity index (χ2n) is 7.32. The minimum absolute atomic E-state index is 0. The van der Waals surface area contributed by atoms with Crippen LogP contribution in [0.5, 0.6) is 0 Å². The van der Waals surface area contributed by atoms with E-state index in [0.717, 1.165) is 44.5 Å². The van der Waals surface area contributed by atoms with Crippen molar-refractivity contribution < 1.29 is 22.4 Å². The number of carbonyl (C=O) groups excluding carboxylic acids is 1. The van der Waals surface area contributed by atoms with Gasteiger partial charge in [0.05, 0.1) is 18.0 Å². The zero-order valence-electron chi connectivity index (χ0n) is 17.5. The van der Waals surface area contributed by atoms with Crippen LogP contribution in [0.15, 0.2) is 23.2 Å². The average Bonchev–Trinajstić information content (AvgIpc) is 2.69. The Bertz CT molecular complexity index is 745. The Morgan fingerprint density at radius 3 is 2.71 bits per heavy atom. The van der Waals surface area contributed by atoms with Crippen molar-refractivity contribution in [1.29, 1.82) is 0 Å². The lowest BCUT2D eigenvalue weighted by atomic mass is 9.97. The van der Waals surface area contributed by atoms with Gasteiger partial charge in [0, 0.05) is 19.6 Å². The minimum Gasteiger partial charge on any atom is -0.369 e. The minimum atomic E-state index is -4.64. The number of guanidine groups is 1. The standard InChI is InChI=1S/C20H29F4N5O.HI/c1-2-26-19(27-8-4-10-29-9-3-5-15(13-29)18(25)30)28-12-14-6-7-16(21)11-17(14)20(22,23)24;/h6-7,11,15H,2-5,8-10,12-13H2,1H3,(H2,25,30)(H2,26,27,28);1H. The molecule has 1 aromatic rings. The van der Waals surface area contributed by atoms with Crippen LogP contribution >= 0.6 is 24.0 Å². The SMILES string of the molecule is CCNC(=NCc1ccc(F)cc1C(F)(F)F)NCCCN1CCCC(C(N)=O)C1.I. The maximum absolute atomic E-state index is 13.2. The second-order valence-corrected chi connectivity index (χ2v) is 7.32. The fourth-order valence-corrected chi connectivity index (χ4v) is 3.46. The monoisotopic (exact) mass is 559 g/mol. The van der Waals surface area contributed by atoms with Crippen LogP contribution in [0, 0.1) is 11.7 Å². The van der Waals surface area contributed by atoms with Crippen LogP contribution in [-0.4, -0.2) is 49.5 Å².